The molecule has 1 aromatic heterocycles. The lowest BCUT2D eigenvalue weighted by Gasteiger charge is -2.12. The lowest BCUT2D eigenvalue weighted by Crippen LogP contribution is -2.08. The predicted octanol–water partition coefficient (Wildman–Crippen LogP) is 6.24. The van der Waals surface area contributed by atoms with E-state index in [2.05, 4.69) is 22.9 Å². The van der Waals surface area contributed by atoms with E-state index in [4.69, 9.17) is 28.2 Å². The van der Waals surface area contributed by atoms with Gasteiger partial charge in [-0.25, -0.2) is 4.98 Å². The van der Waals surface area contributed by atoms with E-state index in [0.29, 0.717) is 17.1 Å². The van der Waals surface area contributed by atoms with E-state index in [1.807, 2.05) is 18.2 Å². The molecule has 4 nitrogen and oxygen atoms in total. The van der Waals surface area contributed by atoms with Gasteiger partial charge in [0, 0.05) is 23.7 Å². The predicted molar refractivity (Wildman–Crippen MR) is 109 cm³/mol. The second-order valence-corrected chi connectivity index (χ2v) is 7.23. The molecule has 2 N–H and O–H groups in total. The number of benzene rings is 2. The Morgan fingerprint density at radius 2 is 1.92 bits per heavy atom. The molecule has 0 aliphatic carbocycles. The number of phenols is 1. The molecule has 2 aromatic carbocycles. The fraction of sp³-hybridized carbons (Fsp3) is 0.350. The Labute approximate surface area is 163 Å². The molecule has 0 spiro atoms. The van der Waals surface area contributed by atoms with Gasteiger partial charge in [0.25, 0.3) is 0 Å². The smallest absolute Gasteiger partial charge is 0.204 e. The summed E-state index contributed by atoms with van der Waals surface area (Å²) in [6, 6.07) is 11.4. The average molecular weight is 392 g/mol. The van der Waals surface area contributed by atoms with Gasteiger partial charge in [-0.15, -0.1) is 0 Å². The summed E-state index contributed by atoms with van der Waals surface area (Å²) >= 11 is 12.1. The quantitative estimate of drug-likeness (QED) is 0.446. The molecule has 0 saturated heterocycles. The van der Waals surface area contributed by atoms with Crippen LogP contribution in [0.1, 0.15) is 38.2 Å². The first-order valence-electron chi connectivity index (χ1n) is 8.96. The minimum Gasteiger partial charge on any atom is -0.506 e. The van der Waals surface area contributed by atoms with Crippen molar-refractivity contribution in [3.05, 3.63) is 52.0 Å². The molecule has 0 aliphatic heterocycles. The van der Waals surface area contributed by atoms with Crippen molar-refractivity contribution in [2.75, 3.05) is 5.32 Å². The molecule has 0 saturated carbocycles. The Balaban J connectivity index is 1.82. The largest absolute Gasteiger partial charge is 0.506 e. The summed E-state index contributed by atoms with van der Waals surface area (Å²) in [6.45, 7) is 3.51. The van der Waals surface area contributed by atoms with E-state index in [-0.39, 0.29) is 10.8 Å². The van der Waals surface area contributed by atoms with Gasteiger partial charge in [0.2, 0.25) is 5.95 Å². The summed E-state index contributed by atoms with van der Waals surface area (Å²) in [6.07, 6.45) is 4.76. The number of unbranched alkanes of at least 4 members (excludes halogenated alkanes) is 3. The number of hydrogen-bond donors (Lipinski definition) is 2. The lowest BCUT2D eigenvalue weighted by molar-refractivity contribution is 0.469. The molecule has 1 heterocycles. The van der Waals surface area contributed by atoms with Gasteiger partial charge in [-0.05, 0) is 30.7 Å². The summed E-state index contributed by atoms with van der Waals surface area (Å²) in [7, 11) is 0. The Morgan fingerprint density at radius 1 is 1.12 bits per heavy atom. The first kappa shape index (κ1) is 18.9. The van der Waals surface area contributed by atoms with Crippen LogP contribution in [0.15, 0.2) is 36.4 Å². The highest BCUT2D eigenvalue weighted by Gasteiger charge is 2.12. The number of para-hydroxylation sites is 2. The van der Waals surface area contributed by atoms with Crippen LogP contribution in [-0.4, -0.2) is 14.7 Å². The SMILES string of the molecule is CCCCCCn1c(NCc2cc(Cl)cc(Cl)c2O)nc2ccccc21. The van der Waals surface area contributed by atoms with Crippen LogP contribution in [0.25, 0.3) is 11.0 Å². The van der Waals surface area contributed by atoms with E-state index in [0.717, 1.165) is 29.9 Å². The van der Waals surface area contributed by atoms with E-state index < -0.39 is 0 Å². The van der Waals surface area contributed by atoms with Crippen molar-refractivity contribution in [1.29, 1.82) is 0 Å². The van der Waals surface area contributed by atoms with Crippen LogP contribution < -0.4 is 5.32 Å². The zero-order chi connectivity index (χ0) is 18.5. The summed E-state index contributed by atoms with van der Waals surface area (Å²) in [5.41, 5.74) is 2.71. The first-order valence-corrected chi connectivity index (χ1v) is 9.71. The van der Waals surface area contributed by atoms with Gasteiger partial charge >= 0.3 is 0 Å². The summed E-state index contributed by atoms with van der Waals surface area (Å²) in [4.78, 5) is 4.71. The van der Waals surface area contributed by atoms with Gasteiger partial charge < -0.3 is 15.0 Å². The van der Waals surface area contributed by atoms with Crippen molar-refractivity contribution in [3.63, 3.8) is 0 Å². The minimum atomic E-state index is 0.0502. The van der Waals surface area contributed by atoms with Gasteiger partial charge in [-0.1, -0.05) is 61.5 Å². The van der Waals surface area contributed by atoms with E-state index in [1.165, 1.54) is 25.3 Å². The van der Waals surface area contributed by atoms with Gasteiger partial charge in [-0.3, -0.25) is 0 Å². The first-order chi connectivity index (χ1) is 12.6. The number of rotatable bonds is 8. The van der Waals surface area contributed by atoms with Crippen LogP contribution in [0.4, 0.5) is 5.95 Å². The van der Waals surface area contributed by atoms with Crippen molar-refractivity contribution in [2.45, 2.75) is 45.7 Å². The van der Waals surface area contributed by atoms with Crippen LogP contribution in [0, 0.1) is 0 Å². The topological polar surface area (TPSA) is 50.1 Å². The number of nitrogens with one attached hydrogen (secondary N) is 1. The monoisotopic (exact) mass is 391 g/mol. The van der Waals surface area contributed by atoms with Crippen LogP contribution >= 0.6 is 23.2 Å². The third kappa shape index (κ3) is 4.25. The minimum absolute atomic E-state index is 0.0502. The number of nitrogens with zero attached hydrogens (tertiary/aromatic N) is 2. The van der Waals surface area contributed by atoms with Crippen LogP contribution in [-0.2, 0) is 13.1 Å². The summed E-state index contributed by atoms with van der Waals surface area (Å²) < 4.78 is 2.20. The number of hydrogen-bond acceptors (Lipinski definition) is 3. The third-order valence-electron chi connectivity index (χ3n) is 4.43. The average Bonchev–Trinajstić information content (AvgIpc) is 2.98. The number of phenolic OH excluding ortho intramolecular Hbond substituents is 1. The number of halogens is 2. The van der Waals surface area contributed by atoms with Gasteiger partial charge in [-0.2, -0.15) is 0 Å². The number of fused-ring (bicyclic) bond motifs is 1. The van der Waals surface area contributed by atoms with Gasteiger partial charge in [0.15, 0.2) is 0 Å². The molecule has 0 bridgehead atoms. The zero-order valence-corrected chi connectivity index (χ0v) is 16.3. The molecule has 0 fully saturated rings. The molecule has 0 aliphatic rings. The fourth-order valence-corrected chi connectivity index (χ4v) is 3.60. The Bertz CT molecular complexity index is 892. The number of aryl methyl sites for hydroxylation is 1. The molecule has 6 heteroatoms. The van der Waals surface area contributed by atoms with E-state index in [1.54, 1.807) is 6.07 Å². The highest BCUT2D eigenvalue weighted by molar-refractivity contribution is 6.35. The highest BCUT2D eigenvalue weighted by atomic mass is 35.5. The highest BCUT2D eigenvalue weighted by Crippen LogP contribution is 2.32. The number of aromatic hydroxyl groups is 1. The van der Waals surface area contributed by atoms with Crippen molar-refractivity contribution in [1.82, 2.24) is 9.55 Å². The molecule has 0 atom stereocenters. The van der Waals surface area contributed by atoms with Crippen LogP contribution in [0.5, 0.6) is 5.75 Å². The maximum Gasteiger partial charge on any atom is 0.204 e. The molecular weight excluding hydrogens is 369 g/mol. The zero-order valence-electron chi connectivity index (χ0n) is 14.8. The molecule has 0 radical (unpaired) electrons. The van der Waals surface area contributed by atoms with Crippen LogP contribution in [0.2, 0.25) is 10.0 Å². The summed E-state index contributed by atoms with van der Waals surface area (Å²) in [5.74, 6) is 0.840. The Kier molecular flexibility index (Phi) is 6.28. The molecule has 138 valence electrons. The van der Waals surface area contributed by atoms with Gasteiger partial charge in [0.05, 0.1) is 16.1 Å². The Hall–Kier alpha value is -1.91. The molecule has 26 heavy (non-hydrogen) atoms. The van der Waals surface area contributed by atoms with Crippen molar-refractivity contribution < 1.29 is 5.11 Å². The number of imidazole rings is 1. The number of anilines is 1. The molecular formula is C20H23Cl2N3O. The van der Waals surface area contributed by atoms with Crippen LogP contribution in [0.3, 0.4) is 0 Å². The second kappa shape index (κ2) is 8.65. The fourth-order valence-electron chi connectivity index (χ4n) is 3.06. The maximum atomic E-state index is 10.2. The molecule has 3 rings (SSSR count). The van der Waals surface area contributed by atoms with E-state index >= 15 is 0 Å². The van der Waals surface area contributed by atoms with Crippen molar-refractivity contribution in [2.24, 2.45) is 0 Å². The molecule has 3 aromatic rings. The summed E-state index contributed by atoms with van der Waals surface area (Å²) in [5, 5.41) is 14.2. The normalized spacial score (nSPS) is 11.2. The Morgan fingerprint density at radius 3 is 2.73 bits per heavy atom. The van der Waals surface area contributed by atoms with Gasteiger partial charge in [0.1, 0.15) is 5.75 Å². The van der Waals surface area contributed by atoms with Crippen molar-refractivity contribution in [3.8, 4) is 5.75 Å². The van der Waals surface area contributed by atoms with E-state index in [9.17, 15) is 5.11 Å². The molecule has 0 amide bonds. The maximum absolute atomic E-state index is 10.2. The standard InChI is InChI=1S/C20H23Cl2N3O/c1-2-3-4-7-10-25-18-9-6-5-8-17(18)24-20(25)23-13-14-11-15(21)12-16(22)19(14)26/h5-6,8-9,11-12,26H,2-4,7,10,13H2,1H3,(H,23,24). The second-order valence-electron chi connectivity index (χ2n) is 6.39. The third-order valence-corrected chi connectivity index (χ3v) is 4.94. The molecule has 0 unspecified atom stereocenters. The lowest BCUT2D eigenvalue weighted by atomic mass is 10.2. The number of aromatic nitrogens is 2. The van der Waals surface area contributed by atoms with Crippen molar-refractivity contribution >= 4 is 40.2 Å².